The zero-order chi connectivity index (χ0) is 6.41. The first kappa shape index (κ1) is 7.67. The molecule has 0 aliphatic heterocycles. The van der Waals surface area contributed by atoms with Crippen LogP contribution in [0.2, 0.25) is 0 Å². The summed E-state index contributed by atoms with van der Waals surface area (Å²) in [5.74, 6) is -0.227. The van der Waals surface area contributed by atoms with Crippen molar-refractivity contribution in [1.29, 1.82) is 0 Å². The Hall–Kier alpha value is -0.330. The van der Waals surface area contributed by atoms with Crippen molar-refractivity contribution in [1.82, 2.24) is 0 Å². The number of unbranched alkanes of at least 4 members (excludes halogenated alkanes) is 1. The molecule has 0 heterocycles. The molecule has 0 amide bonds. The summed E-state index contributed by atoms with van der Waals surface area (Å²) in [5.41, 5.74) is 0. The number of hydrogen-bond acceptors (Lipinski definition) is 1. The van der Waals surface area contributed by atoms with E-state index in [2.05, 4.69) is 6.92 Å². The van der Waals surface area contributed by atoms with Crippen LogP contribution >= 0.6 is 0 Å². The summed E-state index contributed by atoms with van der Waals surface area (Å²) in [6.45, 7) is 7.37. The molecule has 0 rings (SSSR count). The van der Waals surface area contributed by atoms with Crippen LogP contribution in [0, 0.1) is 12.8 Å². The molecular weight excluding hydrogens is 100 g/mol. The maximum absolute atomic E-state index is 9.89. The van der Waals surface area contributed by atoms with E-state index >= 15 is 0 Å². The number of hydrogen-bond donors (Lipinski definition) is 0. The van der Waals surface area contributed by atoms with Gasteiger partial charge in [0.2, 0.25) is 0 Å². The lowest BCUT2D eigenvalue weighted by atomic mass is 10.1. The predicted molar refractivity (Wildman–Crippen MR) is 33.4 cm³/mol. The summed E-state index contributed by atoms with van der Waals surface area (Å²) in [4.78, 5) is 9.89. The van der Waals surface area contributed by atoms with Crippen molar-refractivity contribution in [2.75, 3.05) is 0 Å². The van der Waals surface area contributed by atoms with Gasteiger partial charge in [-0.15, -0.1) is 0 Å². The Balaban J connectivity index is 2.98. The van der Waals surface area contributed by atoms with Gasteiger partial charge < -0.3 is 4.79 Å². The van der Waals surface area contributed by atoms with Crippen LogP contribution in [-0.4, -0.2) is 6.29 Å². The van der Waals surface area contributed by atoms with E-state index in [0.717, 1.165) is 25.5 Å². The van der Waals surface area contributed by atoms with Gasteiger partial charge in [0, 0.05) is 5.92 Å². The largest absolute Gasteiger partial charge is 0.303 e. The van der Waals surface area contributed by atoms with Crippen LogP contribution in [0.4, 0.5) is 0 Å². The molecule has 1 atom stereocenters. The lowest BCUT2D eigenvalue weighted by Crippen LogP contribution is -1.94. The molecular formula is C7H12O. The average molecular weight is 112 g/mol. The molecule has 0 unspecified atom stereocenters. The second-order valence-electron chi connectivity index (χ2n) is 1.94. The van der Waals surface area contributed by atoms with Crippen molar-refractivity contribution in [2.24, 2.45) is 5.92 Å². The molecule has 0 N–H and O–H groups in total. The van der Waals surface area contributed by atoms with Gasteiger partial charge in [-0.3, -0.25) is 0 Å². The Labute approximate surface area is 51.1 Å². The highest BCUT2D eigenvalue weighted by Gasteiger charge is 1.95. The van der Waals surface area contributed by atoms with Gasteiger partial charge in [0.25, 0.3) is 0 Å². The van der Waals surface area contributed by atoms with Gasteiger partial charge in [-0.1, -0.05) is 19.8 Å². The Bertz CT molecular complexity index is 59.4. The molecule has 1 heteroatoms. The fourth-order valence-corrected chi connectivity index (χ4v) is 0.508. The van der Waals surface area contributed by atoms with Crippen LogP contribution in [0.5, 0.6) is 0 Å². The van der Waals surface area contributed by atoms with E-state index < -0.39 is 0 Å². The van der Waals surface area contributed by atoms with Crippen LogP contribution in [0.3, 0.4) is 0 Å². The van der Waals surface area contributed by atoms with Crippen LogP contribution in [0.15, 0.2) is 0 Å². The second kappa shape index (κ2) is 4.82. The monoisotopic (exact) mass is 112 g/mol. The van der Waals surface area contributed by atoms with Crippen LogP contribution < -0.4 is 0 Å². The van der Waals surface area contributed by atoms with Gasteiger partial charge in [-0.05, 0) is 13.3 Å². The fraction of sp³-hybridized carbons (Fsp3) is 0.714. The SMILES string of the molecule is [CH][C@H](C=O)CCCC. The molecule has 2 radical (unpaired) electrons. The van der Waals surface area contributed by atoms with Crippen molar-refractivity contribution in [2.45, 2.75) is 26.2 Å². The highest BCUT2D eigenvalue weighted by Crippen LogP contribution is 2.02. The van der Waals surface area contributed by atoms with Crippen molar-refractivity contribution >= 4 is 6.29 Å². The molecule has 8 heavy (non-hydrogen) atoms. The van der Waals surface area contributed by atoms with E-state index in [0.29, 0.717) is 0 Å². The molecule has 0 aromatic heterocycles. The van der Waals surface area contributed by atoms with Gasteiger partial charge >= 0.3 is 0 Å². The molecule has 46 valence electrons. The minimum atomic E-state index is -0.227. The Morgan fingerprint density at radius 1 is 1.75 bits per heavy atom. The lowest BCUT2D eigenvalue weighted by Gasteiger charge is -1.97. The molecule has 0 aromatic rings. The molecule has 0 saturated carbocycles. The summed E-state index contributed by atoms with van der Waals surface area (Å²) in [5, 5.41) is 0. The number of aldehydes is 1. The fourth-order valence-electron chi connectivity index (χ4n) is 0.508. The molecule has 0 aromatic carbocycles. The second-order valence-corrected chi connectivity index (χ2v) is 1.94. The van der Waals surface area contributed by atoms with Crippen LogP contribution in [0.1, 0.15) is 26.2 Å². The summed E-state index contributed by atoms with van der Waals surface area (Å²) in [7, 11) is 0. The lowest BCUT2D eigenvalue weighted by molar-refractivity contribution is -0.110. The molecule has 0 spiro atoms. The van der Waals surface area contributed by atoms with Crippen molar-refractivity contribution in [3.8, 4) is 0 Å². The first-order chi connectivity index (χ1) is 3.81. The quantitative estimate of drug-likeness (QED) is 0.506. The topological polar surface area (TPSA) is 17.1 Å². The maximum atomic E-state index is 9.89. The highest BCUT2D eigenvalue weighted by molar-refractivity contribution is 5.54. The predicted octanol–water partition coefficient (Wildman–Crippen LogP) is 1.70. The van der Waals surface area contributed by atoms with E-state index in [4.69, 9.17) is 6.92 Å². The summed E-state index contributed by atoms with van der Waals surface area (Å²) in [6, 6.07) is 0. The normalized spacial score (nSPS) is 13.2. The summed E-state index contributed by atoms with van der Waals surface area (Å²) in [6.07, 6.45) is 3.80. The van der Waals surface area contributed by atoms with Crippen molar-refractivity contribution < 1.29 is 4.79 Å². The third-order valence-electron chi connectivity index (χ3n) is 1.07. The molecule has 0 fully saturated rings. The Morgan fingerprint density at radius 2 is 2.38 bits per heavy atom. The van der Waals surface area contributed by atoms with E-state index in [1.54, 1.807) is 0 Å². The van der Waals surface area contributed by atoms with Gasteiger partial charge in [0.1, 0.15) is 6.29 Å². The van der Waals surface area contributed by atoms with Crippen molar-refractivity contribution in [3.63, 3.8) is 0 Å². The Kier molecular flexibility index (Phi) is 4.62. The summed E-state index contributed by atoms with van der Waals surface area (Å²) < 4.78 is 0. The molecule has 0 bridgehead atoms. The molecule has 0 aliphatic carbocycles. The van der Waals surface area contributed by atoms with Gasteiger partial charge in [0.05, 0.1) is 0 Å². The smallest absolute Gasteiger partial charge is 0.123 e. The first-order valence-electron chi connectivity index (χ1n) is 3.02. The van der Waals surface area contributed by atoms with E-state index in [-0.39, 0.29) is 5.92 Å². The number of carbonyl (C=O) groups is 1. The molecule has 1 nitrogen and oxygen atoms in total. The third kappa shape index (κ3) is 3.85. The van der Waals surface area contributed by atoms with Gasteiger partial charge in [0.15, 0.2) is 0 Å². The van der Waals surface area contributed by atoms with E-state index in [1.165, 1.54) is 0 Å². The molecule has 0 aliphatic rings. The Morgan fingerprint density at radius 3 is 2.75 bits per heavy atom. The van der Waals surface area contributed by atoms with E-state index in [1.807, 2.05) is 0 Å². The maximum Gasteiger partial charge on any atom is 0.123 e. The average Bonchev–Trinajstić information content (AvgIpc) is 1.83. The third-order valence-corrected chi connectivity index (χ3v) is 1.07. The minimum absolute atomic E-state index is 0.227. The minimum Gasteiger partial charge on any atom is -0.303 e. The van der Waals surface area contributed by atoms with Crippen LogP contribution in [0.25, 0.3) is 0 Å². The highest BCUT2D eigenvalue weighted by atomic mass is 16.1. The van der Waals surface area contributed by atoms with E-state index in [9.17, 15) is 4.79 Å². The zero-order valence-corrected chi connectivity index (χ0v) is 5.26. The molecule has 0 saturated heterocycles. The first-order valence-corrected chi connectivity index (χ1v) is 3.02. The van der Waals surface area contributed by atoms with Gasteiger partial charge in [-0.2, -0.15) is 0 Å². The van der Waals surface area contributed by atoms with Crippen molar-refractivity contribution in [3.05, 3.63) is 6.92 Å². The zero-order valence-electron chi connectivity index (χ0n) is 5.26. The van der Waals surface area contributed by atoms with Crippen LogP contribution in [-0.2, 0) is 4.79 Å². The number of carbonyl (C=O) groups excluding carboxylic acids is 1. The summed E-state index contributed by atoms with van der Waals surface area (Å²) >= 11 is 0. The van der Waals surface area contributed by atoms with Gasteiger partial charge in [-0.25, -0.2) is 0 Å². The number of rotatable bonds is 4. The standard InChI is InChI=1S/C7H12O/c1-3-4-5-7(2)6-8/h2,6-7H,3-5H2,1H3/t7-/m0/s1.